The number of benzene rings is 1. The SMILES string of the molecule is CN.COC(=O)c1ccc(C=N)cc1.NS.[HH].[HH]. The number of hydrogen-bond donors (Lipinski definition) is 4. The molecule has 1 aromatic carbocycles. The van der Waals surface area contributed by atoms with Crippen molar-refractivity contribution in [3.05, 3.63) is 35.4 Å². The van der Waals surface area contributed by atoms with Crippen molar-refractivity contribution in [2.24, 2.45) is 10.9 Å². The Kier molecular flexibility index (Phi) is 12.5. The van der Waals surface area contributed by atoms with E-state index in [0.717, 1.165) is 5.56 Å². The smallest absolute Gasteiger partial charge is 0.337 e. The van der Waals surface area contributed by atoms with E-state index in [4.69, 9.17) is 5.41 Å². The first kappa shape index (κ1) is 17.0. The van der Waals surface area contributed by atoms with E-state index in [0.29, 0.717) is 5.56 Å². The van der Waals surface area contributed by atoms with Crippen LogP contribution in [0.5, 0.6) is 0 Å². The lowest BCUT2D eigenvalue weighted by Crippen LogP contribution is -2.00. The van der Waals surface area contributed by atoms with Gasteiger partial charge < -0.3 is 15.9 Å². The quantitative estimate of drug-likeness (QED) is 0.359. The van der Waals surface area contributed by atoms with Gasteiger partial charge in [0.2, 0.25) is 0 Å². The van der Waals surface area contributed by atoms with Crippen molar-refractivity contribution in [1.82, 2.24) is 0 Å². The lowest BCUT2D eigenvalue weighted by atomic mass is 10.1. The Hall–Kier alpha value is -1.37. The molecule has 0 amide bonds. The van der Waals surface area contributed by atoms with Crippen LogP contribution in [0.3, 0.4) is 0 Å². The minimum atomic E-state index is -0.355. The fraction of sp³-hybridized carbons (Fsp3) is 0.200. The number of rotatable bonds is 2. The monoisotopic (exact) mass is 247 g/mol. The highest BCUT2D eigenvalue weighted by molar-refractivity contribution is 7.77. The molecular formula is C10H21N3O2S. The van der Waals surface area contributed by atoms with Crippen LogP contribution in [0.1, 0.15) is 18.8 Å². The van der Waals surface area contributed by atoms with Crippen molar-refractivity contribution >= 4 is 25.0 Å². The maximum atomic E-state index is 10.9. The Balaban J connectivity index is -0.000000149. The molecule has 0 saturated carbocycles. The van der Waals surface area contributed by atoms with E-state index >= 15 is 0 Å². The summed E-state index contributed by atoms with van der Waals surface area (Å²) in [7, 11) is 2.84. The van der Waals surface area contributed by atoms with Gasteiger partial charge in [-0.05, 0) is 24.7 Å². The second-order valence-corrected chi connectivity index (χ2v) is 2.26. The highest BCUT2D eigenvalue weighted by Gasteiger charge is 2.02. The van der Waals surface area contributed by atoms with E-state index in [1.807, 2.05) is 0 Å². The molecule has 5 nitrogen and oxygen atoms in total. The molecule has 1 rings (SSSR count). The van der Waals surface area contributed by atoms with Gasteiger partial charge in [0.15, 0.2) is 0 Å². The molecule has 0 aromatic heterocycles. The van der Waals surface area contributed by atoms with Crippen LogP contribution in [0.4, 0.5) is 0 Å². The predicted molar refractivity (Wildman–Crippen MR) is 73.2 cm³/mol. The number of thiol groups is 1. The molecule has 94 valence electrons. The summed E-state index contributed by atoms with van der Waals surface area (Å²) in [5.41, 5.74) is 5.77. The molecule has 16 heavy (non-hydrogen) atoms. The fourth-order valence-electron chi connectivity index (χ4n) is 0.833. The molecule has 0 heterocycles. The number of esters is 1. The number of carbonyl (C=O) groups excluding carboxylic acids is 1. The first-order valence-corrected chi connectivity index (χ1v) is 4.82. The van der Waals surface area contributed by atoms with Gasteiger partial charge in [-0.2, -0.15) is 0 Å². The summed E-state index contributed by atoms with van der Waals surface area (Å²) in [5, 5.41) is 11.1. The van der Waals surface area contributed by atoms with Gasteiger partial charge >= 0.3 is 5.97 Å². The molecule has 0 atom stereocenters. The summed E-state index contributed by atoms with van der Waals surface area (Å²) in [4.78, 5) is 10.9. The second kappa shape index (κ2) is 11.7. The molecule has 1 aromatic rings. The van der Waals surface area contributed by atoms with Crippen LogP contribution < -0.4 is 10.9 Å². The lowest BCUT2D eigenvalue weighted by molar-refractivity contribution is 0.0601. The highest BCUT2D eigenvalue weighted by atomic mass is 32.1. The minimum absolute atomic E-state index is 0. The Morgan fingerprint density at radius 3 is 2.12 bits per heavy atom. The number of carbonyl (C=O) groups is 1. The molecule has 0 unspecified atom stereocenters. The van der Waals surface area contributed by atoms with Crippen molar-refractivity contribution < 1.29 is 12.4 Å². The third kappa shape index (κ3) is 6.18. The molecule has 0 saturated heterocycles. The maximum Gasteiger partial charge on any atom is 0.337 e. The van der Waals surface area contributed by atoms with Gasteiger partial charge in [0.1, 0.15) is 0 Å². The molecule has 5 N–H and O–H groups in total. The summed E-state index contributed by atoms with van der Waals surface area (Å²) in [5.74, 6) is -0.355. The first-order valence-electron chi connectivity index (χ1n) is 4.30. The van der Waals surface area contributed by atoms with Gasteiger partial charge in [-0.3, -0.25) is 5.14 Å². The van der Waals surface area contributed by atoms with Crippen molar-refractivity contribution in [3.8, 4) is 0 Å². The van der Waals surface area contributed by atoms with Gasteiger partial charge in [-0.1, -0.05) is 12.1 Å². The summed E-state index contributed by atoms with van der Waals surface area (Å²) in [6, 6.07) is 6.65. The van der Waals surface area contributed by atoms with Gasteiger partial charge in [-0.25, -0.2) is 4.79 Å². The number of methoxy groups -OCH3 is 1. The van der Waals surface area contributed by atoms with Gasteiger partial charge in [0, 0.05) is 9.07 Å². The van der Waals surface area contributed by atoms with Crippen LogP contribution in [0.2, 0.25) is 0 Å². The zero-order valence-corrected chi connectivity index (χ0v) is 10.2. The normalized spacial score (nSPS) is 7.56. The van der Waals surface area contributed by atoms with E-state index in [1.54, 1.807) is 24.3 Å². The number of nitrogens with two attached hydrogens (primary N) is 2. The second-order valence-electron chi connectivity index (χ2n) is 2.26. The van der Waals surface area contributed by atoms with E-state index < -0.39 is 0 Å². The molecule has 6 heteroatoms. The van der Waals surface area contributed by atoms with Crippen molar-refractivity contribution in [1.29, 1.82) is 5.41 Å². The molecule has 0 aliphatic rings. The van der Waals surface area contributed by atoms with Crippen LogP contribution in [0.15, 0.2) is 24.3 Å². The van der Waals surface area contributed by atoms with Crippen LogP contribution in [0, 0.1) is 5.41 Å². The molecular weight excluding hydrogens is 226 g/mol. The highest BCUT2D eigenvalue weighted by Crippen LogP contribution is 2.03. The Morgan fingerprint density at radius 2 is 1.81 bits per heavy atom. The Bertz CT molecular complexity index is 310. The summed E-state index contributed by atoms with van der Waals surface area (Å²) in [6.07, 6.45) is 1.22. The van der Waals surface area contributed by atoms with E-state index in [1.165, 1.54) is 20.4 Å². The molecule has 0 aliphatic heterocycles. The topological polar surface area (TPSA) is 102 Å². The summed E-state index contributed by atoms with van der Waals surface area (Å²) in [6.45, 7) is 0. The third-order valence-electron chi connectivity index (χ3n) is 1.50. The van der Waals surface area contributed by atoms with E-state index in [2.05, 4.69) is 28.4 Å². The molecule has 0 aliphatic carbocycles. The summed E-state index contributed by atoms with van der Waals surface area (Å²) >= 11 is 3.03. The van der Waals surface area contributed by atoms with Gasteiger partial charge in [-0.15, -0.1) is 12.8 Å². The summed E-state index contributed by atoms with van der Waals surface area (Å²) < 4.78 is 4.51. The average molecular weight is 247 g/mol. The standard InChI is InChI=1S/C9H9NO2.CH5N.H3NS.2H2/c1-12-9(11)8-4-2-7(6-10)3-5-8;2*1-2;;/h2-6,10H,1H3;2H2,1H3;2H,1H2;2*1H. The van der Waals surface area contributed by atoms with Crippen LogP contribution in [-0.4, -0.2) is 26.3 Å². The average Bonchev–Trinajstić information content (AvgIpc) is 2.42. The van der Waals surface area contributed by atoms with E-state index in [-0.39, 0.29) is 8.82 Å². The van der Waals surface area contributed by atoms with Crippen LogP contribution >= 0.6 is 12.8 Å². The van der Waals surface area contributed by atoms with Crippen molar-refractivity contribution in [2.45, 2.75) is 0 Å². The van der Waals surface area contributed by atoms with Crippen molar-refractivity contribution in [3.63, 3.8) is 0 Å². The van der Waals surface area contributed by atoms with E-state index in [9.17, 15) is 4.79 Å². The molecule has 0 spiro atoms. The maximum absolute atomic E-state index is 10.9. The van der Waals surface area contributed by atoms with Crippen LogP contribution in [0.25, 0.3) is 0 Å². The lowest BCUT2D eigenvalue weighted by Gasteiger charge is -1.97. The zero-order chi connectivity index (χ0) is 13.0. The first-order chi connectivity index (χ1) is 7.77. The number of hydrogen-bond acceptors (Lipinski definition) is 6. The fourth-order valence-corrected chi connectivity index (χ4v) is 0.833. The van der Waals surface area contributed by atoms with Crippen LogP contribution in [-0.2, 0) is 4.74 Å². The minimum Gasteiger partial charge on any atom is -0.465 e. The van der Waals surface area contributed by atoms with Gasteiger partial charge in [0.05, 0.1) is 12.7 Å². The molecule has 0 bridgehead atoms. The molecule has 0 fully saturated rings. The Morgan fingerprint density at radius 1 is 1.38 bits per heavy atom. The zero-order valence-electron chi connectivity index (χ0n) is 9.31. The number of nitrogens with one attached hydrogen (secondary N) is 1. The van der Waals surface area contributed by atoms with Gasteiger partial charge in [0.25, 0.3) is 0 Å². The van der Waals surface area contributed by atoms with Crippen molar-refractivity contribution in [2.75, 3.05) is 14.2 Å². The predicted octanol–water partition coefficient (Wildman–Crippen LogP) is 1.33. The number of ether oxygens (including phenoxy) is 1. The largest absolute Gasteiger partial charge is 0.465 e. The molecule has 0 radical (unpaired) electrons. The Labute approximate surface area is 104 Å². The third-order valence-corrected chi connectivity index (χ3v) is 1.50.